The fraction of sp³-hybridized carbons (Fsp3) is 0.429. The number of carbonyl (C=O) groups is 2. The van der Waals surface area contributed by atoms with Crippen molar-refractivity contribution in [1.29, 1.82) is 0 Å². The second kappa shape index (κ2) is 6.79. The zero-order chi connectivity index (χ0) is 14.4. The lowest BCUT2D eigenvalue weighted by molar-refractivity contribution is -0.121. The van der Waals surface area contributed by atoms with E-state index in [4.69, 9.17) is 9.47 Å². The molecule has 1 aromatic rings. The predicted octanol–water partition coefficient (Wildman–Crippen LogP) is 1.66. The molecule has 0 fully saturated rings. The molecule has 0 aliphatic carbocycles. The minimum absolute atomic E-state index is 0.0246. The van der Waals surface area contributed by atoms with E-state index >= 15 is 0 Å². The minimum Gasteiger partial charge on any atom is -0.454 e. The van der Waals surface area contributed by atoms with Crippen LogP contribution in [0.3, 0.4) is 0 Å². The van der Waals surface area contributed by atoms with E-state index in [1.54, 1.807) is 18.2 Å². The number of anilines is 1. The Morgan fingerprint density at radius 3 is 2.75 bits per heavy atom. The van der Waals surface area contributed by atoms with E-state index in [9.17, 15) is 9.59 Å². The molecule has 0 saturated carbocycles. The normalized spacial score (nSPS) is 12.1. The Bertz CT molecular complexity index is 502. The van der Waals surface area contributed by atoms with Crippen molar-refractivity contribution in [1.82, 2.24) is 5.32 Å². The molecule has 2 rings (SSSR count). The molecule has 0 bridgehead atoms. The molecule has 20 heavy (non-hydrogen) atoms. The van der Waals surface area contributed by atoms with Gasteiger partial charge in [-0.05, 0) is 18.6 Å². The maximum atomic E-state index is 11.7. The molecule has 0 aromatic heterocycles. The summed E-state index contributed by atoms with van der Waals surface area (Å²) in [5.74, 6) is 1.12. The Labute approximate surface area is 117 Å². The molecule has 1 aliphatic heterocycles. The lowest BCUT2D eigenvalue weighted by Gasteiger charge is -2.07. The highest BCUT2D eigenvalue weighted by molar-refractivity contribution is 5.91. The van der Waals surface area contributed by atoms with Crippen molar-refractivity contribution in [2.24, 2.45) is 0 Å². The summed E-state index contributed by atoms with van der Waals surface area (Å²) in [6.07, 6.45) is 1.53. The van der Waals surface area contributed by atoms with Gasteiger partial charge in [0.25, 0.3) is 0 Å². The summed E-state index contributed by atoms with van der Waals surface area (Å²) in [5.41, 5.74) is 0.652. The smallest absolute Gasteiger partial charge is 0.231 e. The topological polar surface area (TPSA) is 76.7 Å². The van der Waals surface area contributed by atoms with Crippen molar-refractivity contribution in [2.75, 3.05) is 18.7 Å². The fourth-order valence-corrected chi connectivity index (χ4v) is 1.83. The molecule has 1 heterocycles. The molecule has 2 N–H and O–H groups in total. The molecule has 1 aliphatic rings. The zero-order valence-electron chi connectivity index (χ0n) is 11.4. The maximum Gasteiger partial charge on any atom is 0.231 e. The molecule has 1 aromatic carbocycles. The third kappa shape index (κ3) is 3.88. The summed E-state index contributed by atoms with van der Waals surface area (Å²) in [4.78, 5) is 23.0. The molecule has 0 radical (unpaired) electrons. The molecule has 6 heteroatoms. The molecule has 0 spiro atoms. The van der Waals surface area contributed by atoms with E-state index in [0.717, 1.165) is 6.42 Å². The van der Waals surface area contributed by atoms with Gasteiger partial charge in [0.15, 0.2) is 11.5 Å². The maximum absolute atomic E-state index is 11.7. The summed E-state index contributed by atoms with van der Waals surface area (Å²) in [7, 11) is 0. The van der Waals surface area contributed by atoms with Crippen LogP contribution in [0.4, 0.5) is 5.69 Å². The Kier molecular flexibility index (Phi) is 4.81. The van der Waals surface area contributed by atoms with Gasteiger partial charge in [-0.1, -0.05) is 6.92 Å². The average Bonchev–Trinajstić information content (AvgIpc) is 2.86. The van der Waals surface area contributed by atoms with Gasteiger partial charge < -0.3 is 20.1 Å². The van der Waals surface area contributed by atoms with Crippen LogP contribution in [0.2, 0.25) is 0 Å². The van der Waals surface area contributed by atoms with Crippen molar-refractivity contribution in [3.63, 3.8) is 0 Å². The van der Waals surface area contributed by atoms with Crippen molar-refractivity contribution in [2.45, 2.75) is 26.2 Å². The molecule has 108 valence electrons. The quantitative estimate of drug-likeness (QED) is 0.829. The minimum atomic E-state index is -0.152. The predicted molar refractivity (Wildman–Crippen MR) is 73.7 cm³/mol. The number of fused-ring (bicyclic) bond motifs is 1. The van der Waals surface area contributed by atoms with Crippen molar-refractivity contribution in [3.8, 4) is 11.5 Å². The van der Waals surface area contributed by atoms with Crippen LogP contribution in [0.15, 0.2) is 18.2 Å². The van der Waals surface area contributed by atoms with Crippen molar-refractivity contribution < 1.29 is 19.1 Å². The van der Waals surface area contributed by atoms with Gasteiger partial charge >= 0.3 is 0 Å². The molecular formula is C14H18N2O4. The van der Waals surface area contributed by atoms with Crippen LogP contribution < -0.4 is 20.1 Å². The van der Waals surface area contributed by atoms with E-state index < -0.39 is 0 Å². The number of amides is 2. The van der Waals surface area contributed by atoms with Crippen LogP contribution in [0.1, 0.15) is 26.2 Å². The van der Waals surface area contributed by atoms with E-state index in [-0.39, 0.29) is 25.0 Å². The Morgan fingerprint density at radius 2 is 1.95 bits per heavy atom. The Balaban J connectivity index is 1.76. The second-order valence-corrected chi connectivity index (χ2v) is 4.47. The van der Waals surface area contributed by atoms with Gasteiger partial charge in [0.2, 0.25) is 18.6 Å². The summed E-state index contributed by atoms with van der Waals surface area (Å²) >= 11 is 0. The van der Waals surface area contributed by atoms with Gasteiger partial charge in [-0.25, -0.2) is 0 Å². The zero-order valence-corrected chi connectivity index (χ0v) is 11.4. The lowest BCUT2D eigenvalue weighted by atomic mass is 10.2. The fourth-order valence-electron chi connectivity index (χ4n) is 1.83. The highest BCUT2D eigenvalue weighted by Gasteiger charge is 2.14. The first-order valence-electron chi connectivity index (χ1n) is 6.65. The number of nitrogens with one attached hydrogen (secondary N) is 2. The molecule has 0 unspecified atom stereocenters. The molecule has 6 nitrogen and oxygen atoms in total. The first kappa shape index (κ1) is 14.2. The monoisotopic (exact) mass is 278 g/mol. The van der Waals surface area contributed by atoms with Gasteiger partial charge in [-0.15, -0.1) is 0 Å². The average molecular weight is 278 g/mol. The number of ether oxygens (including phenoxy) is 2. The number of benzene rings is 1. The van der Waals surface area contributed by atoms with Crippen LogP contribution in [0, 0.1) is 0 Å². The first-order valence-corrected chi connectivity index (χ1v) is 6.65. The van der Waals surface area contributed by atoms with E-state index in [1.165, 1.54) is 0 Å². The SMILES string of the molecule is CCCC(=O)NCCC(=O)Nc1ccc2c(c1)OCO2. The third-order valence-corrected chi connectivity index (χ3v) is 2.81. The van der Waals surface area contributed by atoms with E-state index in [1.807, 2.05) is 6.92 Å². The lowest BCUT2D eigenvalue weighted by Crippen LogP contribution is -2.27. The van der Waals surface area contributed by atoms with E-state index in [0.29, 0.717) is 30.2 Å². The summed E-state index contributed by atoms with van der Waals surface area (Å²) in [6, 6.07) is 5.22. The van der Waals surface area contributed by atoms with Gasteiger partial charge in [-0.2, -0.15) is 0 Å². The van der Waals surface area contributed by atoms with Crippen LogP contribution in [-0.4, -0.2) is 25.2 Å². The highest BCUT2D eigenvalue weighted by Crippen LogP contribution is 2.34. The van der Waals surface area contributed by atoms with Crippen molar-refractivity contribution in [3.05, 3.63) is 18.2 Å². The molecule has 0 atom stereocenters. The second-order valence-electron chi connectivity index (χ2n) is 4.47. The van der Waals surface area contributed by atoms with E-state index in [2.05, 4.69) is 10.6 Å². The summed E-state index contributed by atoms with van der Waals surface area (Å²) in [6.45, 7) is 2.48. The molecule has 0 saturated heterocycles. The highest BCUT2D eigenvalue weighted by atomic mass is 16.7. The van der Waals surface area contributed by atoms with Crippen LogP contribution >= 0.6 is 0 Å². The van der Waals surface area contributed by atoms with Gasteiger partial charge in [-0.3, -0.25) is 9.59 Å². The van der Waals surface area contributed by atoms with Gasteiger partial charge in [0.05, 0.1) is 0 Å². The number of hydrogen-bond donors (Lipinski definition) is 2. The Morgan fingerprint density at radius 1 is 1.15 bits per heavy atom. The third-order valence-electron chi connectivity index (χ3n) is 2.81. The van der Waals surface area contributed by atoms with Gasteiger partial charge in [0, 0.05) is 31.1 Å². The standard InChI is InChI=1S/C14H18N2O4/c1-2-3-13(17)15-7-6-14(18)16-10-4-5-11-12(8-10)20-9-19-11/h4-5,8H,2-3,6-7,9H2,1H3,(H,15,17)(H,16,18). The molecule has 2 amide bonds. The van der Waals surface area contributed by atoms with Crippen LogP contribution in [-0.2, 0) is 9.59 Å². The Hall–Kier alpha value is -2.24. The first-order chi connectivity index (χ1) is 9.69. The van der Waals surface area contributed by atoms with Crippen molar-refractivity contribution >= 4 is 17.5 Å². The largest absolute Gasteiger partial charge is 0.454 e. The number of rotatable bonds is 6. The number of carbonyl (C=O) groups excluding carboxylic acids is 2. The van der Waals surface area contributed by atoms with Gasteiger partial charge in [0.1, 0.15) is 0 Å². The molecular weight excluding hydrogens is 260 g/mol. The number of hydrogen-bond acceptors (Lipinski definition) is 4. The summed E-state index contributed by atoms with van der Waals surface area (Å²) < 4.78 is 10.4. The van der Waals surface area contributed by atoms with Crippen LogP contribution in [0.25, 0.3) is 0 Å². The summed E-state index contributed by atoms with van der Waals surface area (Å²) in [5, 5.41) is 5.45. The van der Waals surface area contributed by atoms with Crippen LogP contribution in [0.5, 0.6) is 11.5 Å².